The second-order valence-corrected chi connectivity index (χ2v) is 13.0. The summed E-state index contributed by atoms with van der Waals surface area (Å²) in [6, 6.07) is 35.0. The lowest BCUT2D eigenvalue weighted by molar-refractivity contribution is -0.148. The van der Waals surface area contributed by atoms with Crippen molar-refractivity contribution in [2.45, 2.75) is 27.7 Å². The molecule has 0 radical (unpaired) electrons. The summed E-state index contributed by atoms with van der Waals surface area (Å²) in [6.07, 6.45) is 0. The number of ether oxygens (including phenoxy) is 4. The predicted molar refractivity (Wildman–Crippen MR) is 218 cm³/mol. The summed E-state index contributed by atoms with van der Waals surface area (Å²) in [4.78, 5) is 67.2. The Bertz CT molecular complexity index is 2510. The van der Waals surface area contributed by atoms with Gasteiger partial charge in [0.2, 0.25) is 0 Å². The van der Waals surface area contributed by atoms with Crippen LogP contribution in [0.25, 0.3) is 22.3 Å². The molecule has 12 nitrogen and oxygen atoms in total. The van der Waals surface area contributed by atoms with Crippen LogP contribution in [-0.2, 0) is 38.1 Å². The molecule has 0 fully saturated rings. The highest BCUT2D eigenvalue weighted by Crippen LogP contribution is 2.34. The zero-order chi connectivity index (χ0) is 41.5. The van der Waals surface area contributed by atoms with E-state index in [-0.39, 0.29) is 49.0 Å². The van der Waals surface area contributed by atoms with Crippen molar-refractivity contribution in [2.75, 3.05) is 26.4 Å². The number of carbonyl (C=O) groups excluding carboxylic acids is 4. The van der Waals surface area contributed by atoms with Gasteiger partial charge in [-0.1, -0.05) is 66.7 Å². The number of hydrogen-bond acceptors (Lipinski definition) is 10. The first-order valence-electron chi connectivity index (χ1n) is 19.3. The van der Waals surface area contributed by atoms with Crippen LogP contribution in [0, 0.1) is 0 Å². The molecule has 0 spiro atoms. The first-order chi connectivity index (χ1) is 28.8. The smallest absolute Gasteiger partial charge is 0.346 e. The van der Waals surface area contributed by atoms with Gasteiger partial charge in [-0.25, -0.2) is 24.2 Å². The lowest BCUT2D eigenvalue weighted by atomic mass is 9.97. The van der Waals surface area contributed by atoms with Crippen molar-refractivity contribution < 1.29 is 42.5 Å². The highest BCUT2D eigenvalue weighted by molar-refractivity contribution is 6.22. The van der Waals surface area contributed by atoms with E-state index >= 15 is 0 Å². The van der Waals surface area contributed by atoms with Crippen molar-refractivity contribution in [2.24, 2.45) is 0 Å². The fourth-order valence-electron chi connectivity index (χ4n) is 6.95. The molecule has 298 valence electrons. The van der Waals surface area contributed by atoms with E-state index in [4.69, 9.17) is 28.3 Å². The van der Waals surface area contributed by atoms with Crippen molar-refractivity contribution in [1.82, 2.24) is 15.0 Å². The third-order valence-electron chi connectivity index (χ3n) is 9.35. The van der Waals surface area contributed by atoms with Gasteiger partial charge in [-0.15, -0.1) is 0 Å². The van der Waals surface area contributed by atoms with Gasteiger partial charge < -0.3 is 33.3 Å². The summed E-state index contributed by atoms with van der Waals surface area (Å²) in [5.74, 6) is -3.74. The lowest BCUT2D eigenvalue weighted by Gasteiger charge is -2.16. The number of hydrogen-bond donors (Lipinski definition) is 2. The Kier molecular flexibility index (Phi) is 12.0. The normalized spacial score (nSPS) is 14.0. The molecule has 0 saturated carbocycles. The van der Waals surface area contributed by atoms with E-state index in [2.05, 4.69) is 9.97 Å². The van der Waals surface area contributed by atoms with E-state index in [1.807, 2.05) is 84.9 Å². The Morgan fingerprint density at radius 1 is 0.458 bits per heavy atom. The van der Waals surface area contributed by atoms with Gasteiger partial charge in [-0.3, -0.25) is 0 Å². The number of carbonyl (C=O) groups is 4. The average molecular weight is 792 g/mol. The van der Waals surface area contributed by atoms with E-state index in [9.17, 15) is 19.2 Å². The molecule has 59 heavy (non-hydrogen) atoms. The number of esters is 4. The van der Waals surface area contributed by atoms with Gasteiger partial charge in [0.25, 0.3) is 0 Å². The number of fused-ring (bicyclic) bond motifs is 8. The van der Waals surface area contributed by atoms with E-state index in [0.717, 1.165) is 11.1 Å². The Morgan fingerprint density at radius 3 is 1.17 bits per heavy atom. The van der Waals surface area contributed by atoms with Gasteiger partial charge in [-0.2, -0.15) is 0 Å². The third kappa shape index (κ3) is 8.06. The molecule has 1 aliphatic heterocycles. The zero-order valence-corrected chi connectivity index (χ0v) is 32.9. The van der Waals surface area contributed by atoms with Crippen LogP contribution in [0.5, 0.6) is 0 Å². The largest absolute Gasteiger partial charge is 0.462 e. The maximum absolute atomic E-state index is 13.8. The fourth-order valence-corrected chi connectivity index (χ4v) is 6.95. The van der Waals surface area contributed by atoms with Crippen LogP contribution in [0.2, 0.25) is 0 Å². The molecule has 2 aromatic carbocycles. The number of H-pyrrole nitrogens is 2. The fraction of sp³-hybridized carbons (Fsp3) is 0.170. The molecule has 1 aliphatic rings. The standard InChI is InChI=1S/C47H41N3O9/c1-5-55-44(51)42(45(52)56-6-2)40-30-20-15-21-31(48-30)41(43(46(53)57-7-3)47(54)58-8-4)35-25-23-33(50-35)39(29-18-13-10-14-19-29)37-27-26-36(59-37)38(28-16-11-9-12-17-28)32-22-24-34(40)49-32/h9-27,49-50H,5-8H2,1-4H3/b38-36-,39-37-. The van der Waals surface area contributed by atoms with E-state index in [1.54, 1.807) is 58.0 Å². The molecule has 12 heteroatoms. The molecule has 2 N–H and O–H groups in total. The zero-order valence-electron chi connectivity index (χ0n) is 32.9. The minimum absolute atomic E-state index is 0.0301. The van der Waals surface area contributed by atoms with E-state index in [0.29, 0.717) is 44.8 Å². The summed E-state index contributed by atoms with van der Waals surface area (Å²) in [5, 5.41) is 0. The number of aromatic amines is 2. The topological polar surface area (TPSA) is 163 Å². The molecule has 8 bridgehead atoms. The quantitative estimate of drug-likeness (QED) is 0.0553. The SMILES string of the molecule is CCOC(=O)C(C(=O)OCC)=C1c2cccc(n2)C(=C(C(=O)OCC)C(=O)OCC)c2ccc([nH]2)/C(c2ccccc2)=c2/cc/c(o2)=C(\c2ccccc2)c2ccc1[nH]2. The Morgan fingerprint density at radius 2 is 0.814 bits per heavy atom. The lowest BCUT2D eigenvalue weighted by Crippen LogP contribution is -2.22. The molecule has 4 aromatic heterocycles. The Balaban J connectivity index is 1.69. The summed E-state index contributed by atoms with van der Waals surface area (Å²) in [5.41, 5.74) is 5.40. The number of rotatable bonds is 10. The van der Waals surface area contributed by atoms with Crippen LogP contribution in [0.15, 0.2) is 131 Å². The molecule has 0 amide bonds. The van der Waals surface area contributed by atoms with Gasteiger partial charge >= 0.3 is 23.9 Å². The second kappa shape index (κ2) is 17.8. The molecular formula is C47H41N3O9. The molecular weight excluding hydrogens is 751 g/mol. The van der Waals surface area contributed by atoms with Crippen LogP contribution >= 0.6 is 0 Å². The molecule has 0 aliphatic carbocycles. The van der Waals surface area contributed by atoms with E-state index in [1.165, 1.54) is 0 Å². The predicted octanol–water partition coefficient (Wildman–Crippen LogP) is 6.00. The minimum Gasteiger partial charge on any atom is -0.462 e. The van der Waals surface area contributed by atoms with Gasteiger partial charge in [0.1, 0.15) is 10.8 Å². The number of benzene rings is 2. The van der Waals surface area contributed by atoms with Crippen molar-refractivity contribution >= 4 is 46.2 Å². The van der Waals surface area contributed by atoms with Crippen LogP contribution in [0.3, 0.4) is 0 Å². The number of nitrogens with one attached hydrogen (secondary N) is 2. The van der Waals surface area contributed by atoms with Crippen molar-refractivity contribution in [3.63, 3.8) is 0 Å². The number of pyridine rings is 1. The Hall–Kier alpha value is -7.47. The highest BCUT2D eigenvalue weighted by atomic mass is 16.6. The molecule has 0 atom stereocenters. The van der Waals surface area contributed by atoms with Crippen molar-refractivity contribution in [3.8, 4) is 0 Å². The second-order valence-electron chi connectivity index (χ2n) is 13.0. The van der Waals surface area contributed by atoms with Crippen molar-refractivity contribution in [1.29, 1.82) is 0 Å². The van der Waals surface area contributed by atoms with Crippen LogP contribution in [0.1, 0.15) is 73.0 Å². The summed E-state index contributed by atoms with van der Waals surface area (Å²) >= 11 is 0. The van der Waals surface area contributed by atoms with Gasteiger partial charge in [0.05, 0.1) is 49.2 Å². The number of aromatic nitrogens is 3. The molecule has 6 aromatic rings. The third-order valence-corrected chi connectivity index (χ3v) is 9.35. The Labute approximate surface area is 339 Å². The summed E-state index contributed by atoms with van der Waals surface area (Å²) in [6.45, 7) is 6.39. The van der Waals surface area contributed by atoms with Crippen LogP contribution < -0.4 is 10.8 Å². The first-order valence-corrected chi connectivity index (χ1v) is 19.3. The monoisotopic (exact) mass is 791 g/mol. The maximum Gasteiger partial charge on any atom is 0.346 e. The number of furan rings is 1. The number of nitrogens with zero attached hydrogens (tertiary/aromatic N) is 1. The minimum atomic E-state index is -0.936. The van der Waals surface area contributed by atoms with Crippen LogP contribution in [0.4, 0.5) is 0 Å². The van der Waals surface area contributed by atoms with Crippen molar-refractivity contribution in [3.05, 3.63) is 183 Å². The summed E-state index contributed by atoms with van der Waals surface area (Å²) < 4.78 is 28.5. The van der Waals surface area contributed by atoms with Gasteiger partial charge in [0.15, 0.2) is 11.1 Å². The van der Waals surface area contributed by atoms with Gasteiger partial charge in [-0.05, 0) is 87.4 Å². The average Bonchev–Trinajstić information content (AvgIpc) is 4.03. The molecule has 7 rings (SSSR count). The van der Waals surface area contributed by atoms with E-state index < -0.39 is 35.0 Å². The van der Waals surface area contributed by atoms with Gasteiger partial charge in [0, 0.05) is 33.7 Å². The highest BCUT2D eigenvalue weighted by Gasteiger charge is 2.33. The summed E-state index contributed by atoms with van der Waals surface area (Å²) in [7, 11) is 0. The molecule has 0 unspecified atom stereocenters. The maximum atomic E-state index is 13.8. The molecule has 5 heterocycles. The first kappa shape index (κ1) is 39.8. The molecule has 0 saturated heterocycles. The van der Waals surface area contributed by atoms with Crippen LogP contribution in [-0.4, -0.2) is 65.3 Å².